The number of carbonyl (C=O) groups excluding carboxylic acids is 2. The number of amides is 3. The van der Waals surface area contributed by atoms with Crippen LogP contribution in [-0.2, 0) is 6.54 Å². The molecule has 5 nitrogen and oxygen atoms in total. The topological polar surface area (TPSA) is 52.7 Å². The fourth-order valence-electron chi connectivity index (χ4n) is 3.67. The molecule has 0 saturated carbocycles. The number of benzene rings is 2. The predicted octanol–water partition coefficient (Wildman–Crippen LogP) is 3.48. The van der Waals surface area contributed by atoms with Gasteiger partial charge in [0.1, 0.15) is 0 Å². The molecular weight excluding hydrogens is 338 g/mol. The number of hydrogen-bond acceptors (Lipinski definition) is 2. The predicted molar refractivity (Wildman–Crippen MR) is 107 cm³/mol. The Bertz CT molecular complexity index is 791. The fraction of sp³-hybridized carbons (Fsp3) is 0.364. The summed E-state index contributed by atoms with van der Waals surface area (Å²) in [6.45, 7) is 2.06. The first kappa shape index (κ1) is 19.0. The maximum absolute atomic E-state index is 12.9. The van der Waals surface area contributed by atoms with Gasteiger partial charge in [-0.15, -0.1) is 0 Å². The normalized spacial score (nSPS) is 16.7. The summed E-state index contributed by atoms with van der Waals surface area (Å²) in [4.78, 5) is 28.4. The summed E-state index contributed by atoms with van der Waals surface area (Å²) >= 11 is 0. The second kappa shape index (κ2) is 8.71. The Morgan fingerprint density at radius 2 is 1.93 bits per heavy atom. The molecule has 1 fully saturated rings. The molecule has 1 saturated heterocycles. The molecule has 2 aromatic rings. The molecule has 142 valence electrons. The van der Waals surface area contributed by atoms with Crippen molar-refractivity contribution in [1.82, 2.24) is 15.1 Å². The third-order valence-electron chi connectivity index (χ3n) is 5.14. The maximum atomic E-state index is 12.9. The lowest BCUT2D eigenvalue weighted by molar-refractivity contribution is 0.0785. The van der Waals surface area contributed by atoms with Crippen molar-refractivity contribution in [3.8, 4) is 0 Å². The Labute approximate surface area is 161 Å². The van der Waals surface area contributed by atoms with E-state index in [1.54, 1.807) is 11.9 Å². The number of piperidine rings is 1. The van der Waals surface area contributed by atoms with Gasteiger partial charge in [-0.2, -0.15) is 0 Å². The third-order valence-corrected chi connectivity index (χ3v) is 5.14. The second-order valence-corrected chi connectivity index (χ2v) is 7.11. The molecule has 1 heterocycles. The van der Waals surface area contributed by atoms with Crippen LogP contribution in [0, 0.1) is 0 Å². The van der Waals surface area contributed by atoms with E-state index in [1.165, 1.54) is 0 Å². The van der Waals surface area contributed by atoms with E-state index in [0.29, 0.717) is 18.7 Å². The summed E-state index contributed by atoms with van der Waals surface area (Å²) in [5.41, 5.74) is 2.93. The average Bonchev–Trinajstić information content (AvgIpc) is 2.73. The zero-order valence-electron chi connectivity index (χ0n) is 16.0. The van der Waals surface area contributed by atoms with Gasteiger partial charge in [0.2, 0.25) is 0 Å². The minimum atomic E-state index is -0.0328. The molecule has 0 bridgehead atoms. The Morgan fingerprint density at radius 1 is 1.15 bits per heavy atom. The highest BCUT2D eigenvalue weighted by Gasteiger charge is 2.25. The molecular formula is C22H27N3O2. The second-order valence-electron chi connectivity index (χ2n) is 7.11. The van der Waals surface area contributed by atoms with Crippen LogP contribution in [-0.4, -0.2) is 48.9 Å². The van der Waals surface area contributed by atoms with E-state index in [-0.39, 0.29) is 17.9 Å². The van der Waals surface area contributed by atoms with Gasteiger partial charge in [0.15, 0.2) is 0 Å². The summed E-state index contributed by atoms with van der Waals surface area (Å²) in [6.07, 6.45) is 2.01. The average molecular weight is 365 g/mol. The van der Waals surface area contributed by atoms with Crippen molar-refractivity contribution < 1.29 is 9.59 Å². The van der Waals surface area contributed by atoms with E-state index in [0.717, 1.165) is 30.5 Å². The summed E-state index contributed by atoms with van der Waals surface area (Å²) in [5.74, 6) is 0.280. The Morgan fingerprint density at radius 3 is 2.67 bits per heavy atom. The molecule has 1 aliphatic heterocycles. The molecule has 0 aromatic heterocycles. The van der Waals surface area contributed by atoms with Gasteiger partial charge in [0.25, 0.3) is 5.91 Å². The molecule has 1 N–H and O–H groups in total. The van der Waals surface area contributed by atoms with E-state index in [2.05, 4.69) is 11.4 Å². The number of likely N-dealkylation sites (tertiary alicyclic amines) is 1. The first-order chi connectivity index (χ1) is 13.1. The highest BCUT2D eigenvalue weighted by Crippen LogP contribution is 2.27. The third kappa shape index (κ3) is 4.67. The largest absolute Gasteiger partial charge is 0.341 e. The van der Waals surface area contributed by atoms with Crippen LogP contribution < -0.4 is 5.32 Å². The van der Waals surface area contributed by atoms with Crippen molar-refractivity contribution in [2.24, 2.45) is 0 Å². The summed E-state index contributed by atoms with van der Waals surface area (Å²) in [5, 5.41) is 2.70. The van der Waals surface area contributed by atoms with Crippen LogP contribution in [0.5, 0.6) is 0 Å². The van der Waals surface area contributed by atoms with Crippen molar-refractivity contribution in [1.29, 1.82) is 0 Å². The Kier molecular flexibility index (Phi) is 6.12. The van der Waals surface area contributed by atoms with Crippen molar-refractivity contribution in [2.45, 2.75) is 25.3 Å². The van der Waals surface area contributed by atoms with Gasteiger partial charge in [-0.3, -0.25) is 4.79 Å². The Hall–Kier alpha value is -2.82. The van der Waals surface area contributed by atoms with Gasteiger partial charge in [-0.1, -0.05) is 42.5 Å². The van der Waals surface area contributed by atoms with Gasteiger partial charge < -0.3 is 15.1 Å². The van der Waals surface area contributed by atoms with Crippen molar-refractivity contribution >= 4 is 11.9 Å². The van der Waals surface area contributed by atoms with Gasteiger partial charge in [0.05, 0.1) is 0 Å². The van der Waals surface area contributed by atoms with E-state index in [1.807, 2.05) is 60.5 Å². The van der Waals surface area contributed by atoms with E-state index < -0.39 is 0 Å². The zero-order valence-corrected chi connectivity index (χ0v) is 16.0. The van der Waals surface area contributed by atoms with Crippen LogP contribution in [0.4, 0.5) is 4.79 Å². The number of hydrogen-bond donors (Lipinski definition) is 1. The number of nitrogens with zero attached hydrogens (tertiary/aromatic N) is 2. The minimum absolute atomic E-state index is 0.0136. The summed E-state index contributed by atoms with van der Waals surface area (Å²) in [6, 6.07) is 17.8. The van der Waals surface area contributed by atoms with Crippen molar-refractivity contribution in [2.75, 3.05) is 27.2 Å². The van der Waals surface area contributed by atoms with E-state index >= 15 is 0 Å². The fourth-order valence-corrected chi connectivity index (χ4v) is 3.67. The molecule has 5 heteroatoms. The molecule has 0 spiro atoms. The van der Waals surface area contributed by atoms with Crippen LogP contribution in [0.1, 0.15) is 40.2 Å². The van der Waals surface area contributed by atoms with Crippen molar-refractivity contribution in [3.63, 3.8) is 0 Å². The minimum Gasteiger partial charge on any atom is -0.341 e. The van der Waals surface area contributed by atoms with Crippen LogP contribution in [0.15, 0.2) is 54.6 Å². The lowest BCUT2D eigenvalue weighted by Gasteiger charge is -2.32. The first-order valence-corrected chi connectivity index (χ1v) is 9.44. The molecule has 27 heavy (non-hydrogen) atoms. The standard InChI is InChI=1S/C22H27N3O2/c1-23-22(27)25-13-7-12-20(16-25)18-10-6-11-19(14-18)21(26)24(2)15-17-8-4-3-5-9-17/h3-6,8-11,14,20H,7,12-13,15-16H2,1-2H3,(H,23,27)/t20-/m1/s1. The number of carbonyl (C=O) groups is 2. The lowest BCUT2D eigenvalue weighted by atomic mass is 9.89. The number of nitrogens with one attached hydrogen (secondary N) is 1. The van der Waals surface area contributed by atoms with Crippen LogP contribution >= 0.6 is 0 Å². The molecule has 2 aromatic carbocycles. The SMILES string of the molecule is CNC(=O)N1CCC[C@@H](c2cccc(C(=O)N(C)Cc3ccccc3)c2)C1. The van der Waals surface area contributed by atoms with Gasteiger partial charge in [0, 0.05) is 45.2 Å². The molecule has 3 rings (SSSR count). The maximum Gasteiger partial charge on any atom is 0.317 e. The molecule has 1 aliphatic rings. The van der Waals surface area contributed by atoms with Gasteiger partial charge in [-0.25, -0.2) is 4.79 Å². The molecule has 3 amide bonds. The monoisotopic (exact) mass is 365 g/mol. The number of urea groups is 1. The summed E-state index contributed by atoms with van der Waals surface area (Å²) in [7, 11) is 3.49. The van der Waals surface area contributed by atoms with Crippen LogP contribution in [0.3, 0.4) is 0 Å². The Balaban J connectivity index is 1.71. The number of rotatable bonds is 4. The lowest BCUT2D eigenvalue weighted by Crippen LogP contribution is -2.43. The van der Waals surface area contributed by atoms with Gasteiger partial charge >= 0.3 is 6.03 Å². The quantitative estimate of drug-likeness (QED) is 0.902. The first-order valence-electron chi connectivity index (χ1n) is 9.44. The zero-order chi connectivity index (χ0) is 19.2. The molecule has 1 atom stereocenters. The summed E-state index contributed by atoms with van der Waals surface area (Å²) < 4.78 is 0. The molecule has 0 radical (unpaired) electrons. The molecule has 0 unspecified atom stereocenters. The van der Waals surface area contributed by atoms with Crippen molar-refractivity contribution in [3.05, 3.63) is 71.3 Å². The van der Waals surface area contributed by atoms with Gasteiger partial charge in [-0.05, 0) is 36.1 Å². The van der Waals surface area contributed by atoms with E-state index in [4.69, 9.17) is 0 Å². The highest BCUT2D eigenvalue weighted by atomic mass is 16.2. The van der Waals surface area contributed by atoms with Crippen LogP contribution in [0.25, 0.3) is 0 Å². The molecule has 0 aliphatic carbocycles. The highest BCUT2D eigenvalue weighted by molar-refractivity contribution is 5.94. The van der Waals surface area contributed by atoms with E-state index in [9.17, 15) is 9.59 Å². The van der Waals surface area contributed by atoms with Crippen LogP contribution in [0.2, 0.25) is 0 Å². The smallest absolute Gasteiger partial charge is 0.317 e.